The van der Waals surface area contributed by atoms with Crippen LogP contribution in [0.2, 0.25) is 0 Å². The van der Waals surface area contributed by atoms with Crippen molar-refractivity contribution in [3.8, 4) is 5.75 Å². The van der Waals surface area contributed by atoms with E-state index in [1.807, 2.05) is 0 Å². The largest absolute Gasteiger partial charge is 0.496 e. The van der Waals surface area contributed by atoms with E-state index < -0.39 is 0 Å². The predicted octanol–water partition coefficient (Wildman–Crippen LogP) is 2.30. The summed E-state index contributed by atoms with van der Waals surface area (Å²) >= 11 is 0. The summed E-state index contributed by atoms with van der Waals surface area (Å²) in [6, 6.07) is 4.27. The highest BCUT2D eigenvalue weighted by Gasteiger charge is 2.13. The van der Waals surface area contributed by atoms with E-state index >= 15 is 0 Å². The van der Waals surface area contributed by atoms with Crippen molar-refractivity contribution in [3.05, 3.63) is 28.8 Å². The number of nitrogens with two attached hydrogens (primary N) is 2. The minimum Gasteiger partial charge on any atom is -0.496 e. The van der Waals surface area contributed by atoms with Crippen molar-refractivity contribution >= 4 is 0 Å². The summed E-state index contributed by atoms with van der Waals surface area (Å²) in [5.41, 5.74) is 15.3. The molecule has 2 unspecified atom stereocenters. The highest BCUT2D eigenvalue weighted by Crippen LogP contribution is 2.28. The van der Waals surface area contributed by atoms with Crippen LogP contribution in [0.3, 0.4) is 0 Å². The van der Waals surface area contributed by atoms with E-state index in [-0.39, 0.29) is 6.04 Å². The molecular weight excluding hydrogens is 212 g/mol. The zero-order valence-electron chi connectivity index (χ0n) is 11.3. The average molecular weight is 236 g/mol. The molecule has 0 saturated carbocycles. The van der Waals surface area contributed by atoms with E-state index in [0.717, 1.165) is 23.3 Å². The average Bonchev–Trinajstić information content (AvgIpc) is 2.28. The normalized spacial score (nSPS) is 14.5. The lowest BCUT2D eigenvalue weighted by Gasteiger charge is -2.19. The van der Waals surface area contributed by atoms with Crippen molar-refractivity contribution in [1.82, 2.24) is 0 Å². The molecular formula is C14H24N2O. The first-order valence-corrected chi connectivity index (χ1v) is 6.10. The Bertz CT molecular complexity index is 353. The number of ether oxygens (including phenoxy) is 1. The minimum atomic E-state index is 0.0526. The SMILES string of the molecule is COc1c(C)cc(C(N)CC(C)CN)cc1C. The van der Waals surface area contributed by atoms with Crippen molar-refractivity contribution < 1.29 is 4.74 Å². The third kappa shape index (κ3) is 3.45. The highest BCUT2D eigenvalue weighted by molar-refractivity contribution is 5.44. The fraction of sp³-hybridized carbons (Fsp3) is 0.571. The Morgan fingerprint density at radius 3 is 2.18 bits per heavy atom. The fourth-order valence-corrected chi connectivity index (χ4v) is 2.19. The first-order chi connectivity index (χ1) is 7.99. The molecule has 0 amide bonds. The van der Waals surface area contributed by atoms with Crippen LogP contribution in [0.5, 0.6) is 5.75 Å². The Kier molecular flexibility index (Phi) is 4.97. The maximum absolute atomic E-state index is 6.20. The lowest BCUT2D eigenvalue weighted by atomic mass is 9.94. The molecule has 3 nitrogen and oxygen atoms in total. The molecule has 96 valence electrons. The summed E-state index contributed by atoms with van der Waals surface area (Å²) in [6.45, 7) is 6.91. The van der Waals surface area contributed by atoms with Gasteiger partial charge in [-0.25, -0.2) is 0 Å². The van der Waals surface area contributed by atoms with Gasteiger partial charge < -0.3 is 16.2 Å². The van der Waals surface area contributed by atoms with E-state index in [1.165, 1.54) is 5.56 Å². The van der Waals surface area contributed by atoms with Gasteiger partial charge in [-0.05, 0) is 49.4 Å². The summed E-state index contributed by atoms with van der Waals surface area (Å²) in [5, 5.41) is 0. The van der Waals surface area contributed by atoms with Crippen LogP contribution < -0.4 is 16.2 Å². The van der Waals surface area contributed by atoms with Crippen molar-refractivity contribution in [2.24, 2.45) is 17.4 Å². The summed E-state index contributed by atoms with van der Waals surface area (Å²) < 4.78 is 5.35. The van der Waals surface area contributed by atoms with Gasteiger partial charge in [-0.2, -0.15) is 0 Å². The van der Waals surface area contributed by atoms with Crippen LogP contribution in [0, 0.1) is 19.8 Å². The summed E-state index contributed by atoms with van der Waals surface area (Å²) in [7, 11) is 1.70. The molecule has 0 spiro atoms. The standard InChI is InChI=1S/C14H24N2O/c1-9(8-15)5-13(16)12-6-10(2)14(17-4)11(3)7-12/h6-7,9,13H,5,8,15-16H2,1-4H3. The second-order valence-corrected chi connectivity index (χ2v) is 4.87. The zero-order valence-corrected chi connectivity index (χ0v) is 11.3. The van der Waals surface area contributed by atoms with Crippen LogP contribution >= 0.6 is 0 Å². The van der Waals surface area contributed by atoms with Gasteiger partial charge in [0.05, 0.1) is 7.11 Å². The molecule has 0 heterocycles. The molecule has 2 atom stereocenters. The number of hydrogen-bond acceptors (Lipinski definition) is 3. The maximum Gasteiger partial charge on any atom is 0.124 e. The lowest BCUT2D eigenvalue weighted by Crippen LogP contribution is -2.19. The molecule has 17 heavy (non-hydrogen) atoms. The van der Waals surface area contributed by atoms with Gasteiger partial charge in [-0.15, -0.1) is 0 Å². The zero-order chi connectivity index (χ0) is 13.0. The Morgan fingerprint density at radius 1 is 1.24 bits per heavy atom. The monoisotopic (exact) mass is 236 g/mol. The summed E-state index contributed by atoms with van der Waals surface area (Å²) in [6.07, 6.45) is 0.918. The summed E-state index contributed by atoms with van der Waals surface area (Å²) in [4.78, 5) is 0. The topological polar surface area (TPSA) is 61.3 Å². The molecule has 1 aromatic carbocycles. The highest BCUT2D eigenvalue weighted by atomic mass is 16.5. The molecule has 4 N–H and O–H groups in total. The number of benzene rings is 1. The molecule has 1 rings (SSSR count). The molecule has 0 saturated heterocycles. The van der Waals surface area contributed by atoms with Gasteiger partial charge in [0.25, 0.3) is 0 Å². The first kappa shape index (κ1) is 14.0. The lowest BCUT2D eigenvalue weighted by molar-refractivity contribution is 0.407. The Balaban J connectivity index is 2.92. The van der Waals surface area contributed by atoms with E-state index in [9.17, 15) is 0 Å². The Morgan fingerprint density at radius 2 is 1.76 bits per heavy atom. The predicted molar refractivity (Wildman–Crippen MR) is 72.2 cm³/mol. The first-order valence-electron chi connectivity index (χ1n) is 6.10. The second-order valence-electron chi connectivity index (χ2n) is 4.87. The Hall–Kier alpha value is -1.06. The number of hydrogen-bond donors (Lipinski definition) is 2. The Labute approximate surface area is 104 Å². The van der Waals surface area contributed by atoms with Crippen LogP contribution in [0.25, 0.3) is 0 Å². The van der Waals surface area contributed by atoms with E-state index in [1.54, 1.807) is 7.11 Å². The van der Waals surface area contributed by atoms with Gasteiger partial charge in [0.15, 0.2) is 0 Å². The van der Waals surface area contributed by atoms with Crippen LogP contribution in [0.1, 0.15) is 36.1 Å². The maximum atomic E-state index is 6.20. The summed E-state index contributed by atoms with van der Waals surface area (Å²) in [5.74, 6) is 1.40. The van der Waals surface area contributed by atoms with Gasteiger partial charge in [-0.1, -0.05) is 19.1 Å². The van der Waals surface area contributed by atoms with Crippen LogP contribution in [0.4, 0.5) is 0 Å². The van der Waals surface area contributed by atoms with Gasteiger partial charge >= 0.3 is 0 Å². The van der Waals surface area contributed by atoms with Crippen molar-refractivity contribution in [2.75, 3.05) is 13.7 Å². The van der Waals surface area contributed by atoms with E-state index in [0.29, 0.717) is 12.5 Å². The molecule has 0 radical (unpaired) electrons. The van der Waals surface area contributed by atoms with Crippen LogP contribution in [-0.2, 0) is 0 Å². The number of aryl methyl sites for hydroxylation is 2. The fourth-order valence-electron chi connectivity index (χ4n) is 2.19. The minimum absolute atomic E-state index is 0.0526. The number of rotatable bonds is 5. The molecule has 0 aromatic heterocycles. The van der Waals surface area contributed by atoms with E-state index in [2.05, 4.69) is 32.9 Å². The van der Waals surface area contributed by atoms with Gasteiger partial charge in [0.2, 0.25) is 0 Å². The molecule has 0 fully saturated rings. The molecule has 0 aliphatic carbocycles. The molecule has 3 heteroatoms. The van der Waals surface area contributed by atoms with Crippen molar-refractivity contribution in [2.45, 2.75) is 33.2 Å². The van der Waals surface area contributed by atoms with Crippen LogP contribution in [0.15, 0.2) is 12.1 Å². The smallest absolute Gasteiger partial charge is 0.124 e. The van der Waals surface area contributed by atoms with Crippen LogP contribution in [-0.4, -0.2) is 13.7 Å². The van der Waals surface area contributed by atoms with Crippen molar-refractivity contribution in [1.29, 1.82) is 0 Å². The van der Waals surface area contributed by atoms with E-state index in [4.69, 9.17) is 16.2 Å². The molecule has 0 bridgehead atoms. The molecule has 0 aliphatic heterocycles. The second kappa shape index (κ2) is 6.03. The molecule has 0 aliphatic rings. The van der Waals surface area contributed by atoms with Gasteiger partial charge in [0, 0.05) is 6.04 Å². The third-order valence-corrected chi connectivity index (χ3v) is 3.17. The quantitative estimate of drug-likeness (QED) is 0.824. The van der Waals surface area contributed by atoms with Gasteiger partial charge in [0.1, 0.15) is 5.75 Å². The van der Waals surface area contributed by atoms with Crippen molar-refractivity contribution in [3.63, 3.8) is 0 Å². The number of methoxy groups -OCH3 is 1. The van der Waals surface area contributed by atoms with Gasteiger partial charge in [-0.3, -0.25) is 0 Å². The third-order valence-electron chi connectivity index (χ3n) is 3.17. The molecule has 1 aromatic rings.